The Morgan fingerprint density at radius 3 is 2.17 bits per heavy atom. The molecule has 2 aromatic carbocycles. The Morgan fingerprint density at radius 1 is 1.03 bits per heavy atom. The van der Waals surface area contributed by atoms with Gasteiger partial charge < -0.3 is 19.5 Å². The van der Waals surface area contributed by atoms with Gasteiger partial charge in [-0.15, -0.1) is 0 Å². The van der Waals surface area contributed by atoms with E-state index >= 15 is 0 Å². The fraction of sp³-hybridized carbons (Fsp3) is 0.333. The molecule has 0 aromatic heterocycles. The molecule has 9 heteroatoms. The van der Waals surface area contributed by atoms with Gasteiger partial charge in [0.05, 0.1) is 32.3 Å². The third-order valence-corrected chi connectivity index (χ3v) is 6.94. The molecule has 1 saturated heterocycles. The van der Waals surface area contributed by atoms with Gasteiger partial charge in [0.15, 0.2) is 18.1 Å². The van der Waals surface area contributed by atoms with Crippen LogP contribution < -0.4 is 19.5 Å². The van der Waals surface area contributed by atoms with Crippen molar-refractivity contribution in [2.75, 3.05) is 26.1 Å². The maximum Gasteiger partial charge on any atom is 0.262 e. The van der Waals surface area contributed by atoms with Crippen LogP contribution in [0.4, 0.5) is 5.69 Å². The second-order valence-electron chi connectivity index (χ2n) is 9.19. The largest absolute Gasteiger partial charge is 0.493 e. The molecular weight excluding hydrogens is 462 g/mol. The Balaban J connectivity index is 1.29. The van der Waals surface area contributed by atoms with E-state index in [1.165, 1.54) is 20.4 Å². The van der Waals surface area contributed by atoms with Crippen molar-refractivity contribution in [3.8, 4) is 17.2 Å². The van der Waals surface area contributed by atoms with Gasteiger partial charge in [-0.25, -0.2) is 0 Å². The molecule has 4 atom stereocenters. The van der Waals surface area contributed by atoms with E-state index < -0.39 is 0 Å². The predicted molar refractivity (Wildman–Crippen MR) is 132 cm³/mol. The molecule has 0 spiro atoms. The van der Waals surface area contributed by atoms with Crippen LogP contribution in [-0.2, 0) is 14.4 Å². The van der Waals surface area contributed by atoms with Crippen LogP contribution >= 0.6 is 0 Å². The number of nitrogens with one attached hydrogen (secondary N) is 1. The molecule has 3 aliphatic rings. The summed E-state index contributed by atoms with van der Waals surface area (Å²) in [6.07, 6.45) is 6.37. The molecule has 2 aromatic rings. The van der Waals surface area contributed by atoms with Gasteiger partial charge in [0, 0.05) is 11.3 Å². The Kier molecular flexibility index (Phi) is 6.22. The van der Waals surface area contributed by atoms with E-state index in [0.29, 0.717) is 22.7 Å². The van der Waals surface area contributed by atoms with E-state index in [2.05, 4.69) is 10.4 Å². The number of amides is 3. The topological polar surface area (TPSA) is 107 Å². The zero-order valence-electron chi connectivity index (χ0n) is 20.3. The lowest BCUT2D eigenvalue weighted by molar-refractivity contribution is -0.140. The van der Waals surface area contributed by atoms with Gasteiger partial charge in [0.25, 0.3) is 17.7 Å². The number of aryl methyl sites for hydroxylation is 1. The summed E-state index contributed by atoms with van der Waals surface area (Å²) < 4.78 is 16.6. The first-order valence-corrected chi connectivity index (χ1v) is 11.7. The van der Waals surface area contributed by atoms with Gasteiger partial charge in [0.2, 0.25) is 5.75 Å². The summed E-state index contributed by atoms with van der Waals surface area (Å²) in [4.78, 5) is 38.1. The molecule has 1 aliphatic heterocycles. The normalized spacial score (nSPS) is 23.9. The highest BCUT2D eigenvalue weighted by atomic mass is 16.5. The summed E-state index contributed by atoms with van der Waals surface area (Å²) in [6.45, 7) is 1.71. The fourth-order valence-electron chi connectivity index (χ4n) is 5.21. The highest BCUT2D eigenvalue weighted by Gasteiger charge is 2.59. The number of nitrogens with zero attached hydrogens (tertiary/aromatic N) is 2. The van der Waals surface area contributed by atoms with Gasteiger partial charge in [-0.05, 0) is 49.4 Å². The molecule has 5 rings (SSSR count). The maximum absolute atomic E-state index is 12.9. The molecule has 0 radical (unpaired) electrons. The highest BCUT2D eigenvalue weighted by Crippen LogP contribution is 2.52. The first-order chi connectivity index (χ1) is 17.4. The summed E-state index contributed by atoms with van der Waals surface area (Å²) in [5.41, 5.74) is 2.30. The van der Waals surface area contributed by atoms with Gasteiger partial charge in [-0.1, -0.05) is 29.8 Å². The number of hydrogen-bond acceptors (Lipinski definition) is 7. The first-order valence-electron chi connectivity index (χ1n) is 11.7. The third-order valence-electron chi connectivity index (χ3n) is 6.94. The molecule has 1 saturated carbocycles. The van der Waals surface area contributed by atoms with Gasteiger partial charge in [0.1, 0.15) is 0 Å². The number of hydrazone groups is 1. The number of allylic oxidation sites excluding steroid dienone is 2. The van der Waals surface area contributed by atoms with Crippen LogP contribution in [0.1, 0.15) is 17.5 Å². The van der Waals surface area contributed by atoms with Crippen molar-refractivity contribution < 1.29 is 28.6 Å². The third kappa shape index (κ3) is 4.21. The number of benzene rings is 2. The van der Waals surface area contributed by atoms with E-state index in [-0.39, 0.29) is 53.7 Å². The SMILES string of the molecule is COc1cc(C=NN2C(=O)[C@@H]3[C@H](C2=O)[C@H]2C=C[C@H]3C2)cc(OC)c1OCC(=O)Nc1ccc(C)cc1. The summed E-state index contributed by atoms with van der Waals surface area (Å²) in [7, 11) is 2.93. The van der Waals surface area contributed by atoms with Crippen molar-refractivity contribution in [3.05, 3.63) is 59.7 Å². The zero-order valence-corrected chi connectivity index (χ0v) is 20.3. The van der Waals surface area contributed by atoms with Crippen LogP contribution in [0.5, 0.6) is 17.2 Å². The Labute approximate surface area is 208 Å². The molecule has 1 heterocycles. The van der Waals surface area contributed by atoms with E-state index in [4.69, 9.17) is 14.2 Å². The Morgan fingerprint density at radius 2 is 1.61 bits per heavy atom. The molecule has 36 heavy (non-hydrogen) atoms. The lowest BCUT2D eigenvalue weighted by Gasteiger charge is -2.15. The molecule has 186 valence electrons. The molecular formula is C27H27N3O6. The summed E-state index contributed by atoms with van der Waals surface area (Å²) >= 11 is 0. The fourth-order valence-corrected chi connectivity index (χ4v) is 5.21. The van der Waals surface area contributed by atoms with E-state index in [0.717, 1.165) is 17.0 Å². The number of ether oxygens (including phenoxy) is 3. The minimum atomic E-state index is -0.339. The molecule has 2 fully saturated rings. The van der Waals surface area contributed by atoms with Gasteiger partial charge in [-0.3, -0.25) is 14.4 Å². The van der Waals surface area contributed by atoms with E-state index in [1.807, 2.05) is 43.3 Å². The van der Waals surface area contributed by atoms with Gasteiger partial charge in [-0.2, -0.15) is 10.1 Å². The van der Waals surface area contributed by atoms with Crippen LogP contribution in [0, 0.1) is 30.6 Å². The lowest BCUT2D eigenvalue weighted by Crippen LogP contribution is -2.28. The maximum atomic E-state index is 12.9. The standard InChI is InChI=1S/C27H27N3O6/c1-15-4-8-19(9-5-15)29-22(31)14-36-25-20(34-2)10-16(11-21(25)35-3)13-28-30-26(32)23-17-6-7-18(12-17)24(23)27(30)33/h4-11,13,17-18,23-24H,12,14H2,1-3H3,(H,29,31)/t17-,18-,23-,24+/m0/s1. The first kappa shape index (κ1) is 23.6. The second kappa shape index (κ2) is 9.49. The minimum absolute atomic E-state index is 0.122. The van der Waals surface area contributed by atoms with Crippen LogP contribution in [-0.4, -0.2) is 49.8 Å². The van der Waals surface area contributed by atoms with Crippen LogP contribution in [0.3, 0.4) is 0 Å². The number of carbonyl (C=O) groups excluding carboxylic acids is 3. The number of anilines is 1. The molecule has 0 unspecified atom stereocenters. The van der Waals surface area contributed by atoms with Gasteiger partial charge >= 0.3 is 0 Å². The average molecular weight is 490 g/mol. The van der Waals surface area contributed by atoms with Crippen molar-refractivity contribution in [1.82, 2.24) is 5.01 Å². The highest BCUT2D eigenvalue weighted by molar-refractivity contribution is 6.06. The molecule has 2 aliphatic carbocycles. The molecule has 3 amide bonds. The number of carbonyl (C=O) groups is 3. The quantitative estimate of drug-likeness (QED) is 0.347. The smallest absolute Gasteiger partial charge is 0.262 e. The van der Waals surface area contributed by atoms with E-state index in [9.17, 15) is 14.4 Å². The Hall–Kier alpha value is -4.14. The molecule has 2 bridgehead atoms. The van der Waals surface area contributed by atoms with Crippen LogP contribution in [0.15, 0.2) is 53.7 Å². The number of methoxy groups -OCH3 is 2. The zero-order chi connectivity index (χ0) is 25.4. The van der Waals surface area contributed by atoms with Crippen molar-refractivity contribution in [3.63, 3.8) is 0 Å². The minimum Gasteiger partial charge on any atom is -0.493 e. The average Bonchev–Trinajstić information content (AvgIpc) is 3.56. The number of imide groups is 1. The summed E-state index contributed by atoms with van der Waals surface area (Å²) in [5.74, 6) is -0.336. The molecule has 9 nitrogen and oxygen atoms in total. The van der Waals surface area contributed by atoms with Crippen LogP contribution in [0.2, 0.25) is 0 Å². The Bertz CT molecular complexity index is 1210. The molecule has 1 N–H and O–H groups in total. The number of fused-ring (bicyclic) bond motifs is 5. The van der Waals surface area contributed by atoms with Crippen LogP contribution in [0.25, 0.3) is 0 Å². The van der Waals surface area contributed by atoms with Crippen molar-refractivity contribution in [2.45, 2.75) is 13.3 Å². The number of rotatable bonds is 8. The van der Waals surface area contributed by atoms with Crippen molar-refractivity contribution >= 4 is 29.6 Å². The number of hydrogen-bond donors (Lipinski definition) is 1. The summed E-state index contributed by atoms with van der Waals surface area (Å²) in [5, 5.41) is 7.97. The van der Waals surface area contributed by atoms with Crippen molar-refractivity contribution in [1.29, 1.82) is 0 Å². The second-order valence-corrected chi connectivity index (χ2v) is 9.19. The predicted octanol–water partition coefficient (Wildman–Crippen LogP) is 3.17. The van der Waals surface area contributed by atoms with Crippen molar-refractivity contribution in [2.24, 2.45) is 28.8 Å². The van der Waals surface area contributed by atoms with E-state index in [1.54, 1.807) is 12.1 Å². The summed E-state index contributed by atoms with van der Waals surface area (Å²) in [6, 6.07) is 10.7. The monoisotopic (exact) mass is 489 g/mol. The lowest BCUT2D eigenvalue weighted by atomic mass is 9.85.